The van der Waals surface area contributed by atoms with Crippen molar-refractivity contribution >= 4 is 17.3 Å². The van der Waals surface area contributed by atoms with Gasteiger partial charge >= 0.3 is 0 Å². The van der Waals surface area contributed by atoms with Crippen molar-refractivity contribution in [3.63, 3.8) is 0 Å². The van der Waals surface area contributed by atoms with E-state index < -0.39 is 0 Å². The van der Waals surface area contributed by atoms with E-state index in [1.165, 1.54) is 19.3 Å². The summed E-state index contributed by atoms with van der Waals surface area (Å²) in [6.45, 7) is 6.50. The van der Waals surface area contributed by atoms with Crippen molar-refractivity contribution in [2.24, 2.45) is 5.92 Å². The van der Waals surface area contributed by atoms with Gasteiger partial charge in [-0.3, -0.25) is 0 Å². The van der Waals surface area contributed by atoms with Crippen LogP contribution >= 0.6 is 12.2 Å². The topological polar surface area (TPSA) is 24.1 Å². The van der Waals surface area contributed by atoms with Crippen molar-refractivity contribution in [1.82, 2.24) is 10.6 Å². The van der Waals surface area contributed by atoms with E-state index in [2.05, 4.69) is 31.4 Å². The minimum atomic E-state index is 0.428. The molecule has 2 atom stereocenters. The first-order chi connectivity index (χ1) is 6.09. The van der Waals surface area contributed by atoms with E-state index in [0.29, 0.717) is 12.1 Å². The fourth-order valence-electron chi connectivity index (χ4n) is 1.83. The van der Waals surface area contributed by atoms with Crippen molar-refractivity contribution in [3.8, 4) is 0 Å². The molecule has 13 heavy (non-hydrogen) atoms. The molecule has 0 aromatic rings. The molecule has 0 radical (unpaired) electrons. The van der Waals surface area contributed by atoms with E-state index in [9.17, 15) is 0 Å². The van der Waals surface area contributed by atoms with Crippen LogP contribution in [0.5, 0.6) is 0 Å². The van der Waals surface area contributed by atoms with Crippen molar-refractivity contribution in [3.05, 3.63) is 0 Å². The summed E-state index contributed by atoms with van der Waals surface area (Å²) >= 11 is 5.20. The maximum absolute atomic E-state index is 5.20. The number of rotatable bonds is 2. The normalized spacial score (nSPS) is 27.7. The Morgan fingerprint density at radius 3 is 2.54 bits per heavy atom. The molecule has 0 bridgehead atoms. The van der Waals surface area contributed by atoms with Crippen LogP contribution in [0.1, 0.15) is 40.0 Å². The molecule has 1 aliphatic rings. The van der Waals surface area contributed by atoms with E-state index in [-0.39, 0.29) is 0 Å². The van der Waals surface area contributed by atoms with Gasteiger partial charge in [0.2, 0.25) is 0 Å². The molecule has 3 heteroatoms. The van der Waals surface area contributed by atoms with Gasteiger partial charge in [0.25, 0.3) is 0 Å². The largest absolute Gasteiger partial charge is 0.361 e. The average Bonchev–Trinajstić information content (AvgIpc) is 2.34. The molecule has 1 saturated carbocycles. The molecular weight excluding hydrogens is 180 g/mol. The van der Waals surface area contributed by atoms with Crippen LogP contribution in [0, 0.1) is 5.92 Å². The van der Waals surface area contributed by atoms with Gasteiger partial charge in [0.05, 0.1) is 0 Å². The smallest absolute Gasteiger partial charge is 0.166 e. The second kappa shape index (κ2) is 4.80. The molecule has 0 heterocycles. The highest BCUT2D eigenvalue weighted by atomic mass is 32.1. The summed E-state index contributed by atoms with van der Waals surface area (Å²) in [5.41, 5.74) is 0. The first-order valence-electron chi connectivity index (χ1n) is 5.16. The van der Waals surface area contributed by atoms with E-state index in [1.807, 2.05) is 0 Å². The molecule has 2 N–H and O–H groups in total. The zero-order chi connectivity index (χ0) is 9.84. The quantitative estimate of drug-likeness (QED) is 0.667. The molecule has 0 amide bonds. The maximum Gasteiger partial charge on any atom is 0.166 e. The van der Waals surface area contributed by atoms with E-state index >= 15 is 0 Å². The Bertz CT molecular complexity index is 180. The van der Waals surface area contributed by atoms with Crippen LogP contribution in [0.2, 0.25) is 0 Å². The van der Waals surface area contributed by atoms with Crippen LogP contribution in [0.4, 0.5) is 0 Å². The highest BCUT2D eigenvalue weighted by molar-refractivity contribution is 7.80. The Morgan fingerprint density at radius 2 is 2.08 bits per heavy atom. The lowest BCUT2D eigenvalue weighted by Gasteiger charge is -2.21. The van der Waals surface area contributed by atoms with Gasteiger partial charge in [-0.25, -0.2) is 0 Å². The van der Waals surface area contributed by atoms with E-state index in [4.69, 9.17) is 12.2 Å². The molecule has 0 aromatic heterocycles. The van der Waals surface area contributed by atoms with Crippen molar-refractivity contribution < 1.29 is 0 Å². The summed E-state index contributed by atoms with van der Waals surface area (Å²) in [7, 11) is 0. The summed E-state index contributed by atoms with van der Waals surface area (Å²) in [4.78, 5) is 0. The monoisotopic (exact) mass is 200 g/mol. The lowest BCUT2D eigenvalue weighted by Crippen LogP contribution is -2.45. The first-order valence-corrected chi connectivity index (χ1v) is 5.57. The highest BCUT2D eigenvalue weighted by Crippen LogP contribution is 2.24. The SMILES string of the molecule is CC(C)NC(=S)NC1CCCC1C. The number of thiocarbonyl (C=S) groups is 1. The van der Waals surface area contributed by atoms with Crippen LogP contribution in [0.3, 0.4) is 0 Å². The van der Waals surface area contributed by atoms with Crippen molar-refractivity contribution in [1.29, 1.82) is 0 Å². The standard InChI is InChI=1S/C10H20N2S/c1-7(2)11-10(13)12-9-6-4-5-8(9)3/h7-9H,4-6H2,1-3H3,(H2,11,12,13). The Kier molecular flexibility index (Phi) is 3.97. The molecule has 0 saturated heterocycles. The number of hydrogen-bond donors (Lipinski definition) is 2. The molecule has 0 aromatic carbocycles. The Hall–Kier alpha value is -0.310. The molecule has 2 unspecified atom stereocenters. The van der Waals surface area contributed by atoms with Crippen LogP contribution in [-0.4, -0.2) is 17.2 Å². The molecule has 1 rings (SSSR count). The molecule has 76 valence electrons. The number of hydrogen-bond acceptors (Lipinski definition) is 1. The number of nitrogens with one attached hydrogen (secondary N) is 2. The van der Waals surface area contributed by atoms with Gasteiger partial charge < -0.3 is 10.6 Å². The minimum absolute atomic E-state index is 0.428. The summed E-state index contributed by atoms with van der Waals surface area (Å²) < 4.78 is 0. The van der Waals surface area contributed by atoms with Crippen molar-refractivity contribution in [2.45, 2.75) is 52.1 Å². The predicted molar refractivity (Wildman–Crippen MR) is 60.8 cm³/mol. The first kappa shape index (κ1) is 10.8. The second-order valence-corrected chi connectivity index (χ2v) is 4.70. The Morgan fingerprint density at radius 1 is 1.38 bits per heavy atom. The molecular formula is C10H20N2S. The minimum Gasteiger partial charge on any atom is -0.361 e. The fourth-order valence-corrected chi connectivity index (χ4v) is 2.22. The molecule has 0 spiro atoms. The van der Waals surface area contributed by atoms with Crippen LogP contribution in [0.25, 0.3) is 0 Å². The van der Waals surface area contributed by atoms with Crippen LogP contribution < -0.4 is 10.6 Å². The molecule has 0 aliphatic heterocycles. The third kappa shape index (κ3) is 3.51. The second-order valence-electron chi connectivity index (χ2n) is 4.29. The predicted octanol–water partition coefficient (Wildman–Crippen LogP) is 2.05. The van der Waals surface area contributed by atoms with E-state index in [0.717, 1.165) is 11.0 Å². The molecule has 1 fully saturated rings. The van der Waals surface area contributed by atoms with Crippen LogP contribution in [-0.2, 0) is 0 Å². The fraction of sp³-hybridized carbons (Fsp3) is 0.900. The van der Waals surface area contributed by atoms with Crippen LogP contribution in [0.15, 0.2) is 0 Å². The maximum atomic E-state index is 5.20. The highest BCUT2D eigenvalue weighted by Gasteiger charge is 2.23. The molecule has 1 aliphatic carbocycles. The zero-order valence-corrected chi connectivity index (χ0v) is 9.58. The van der Waals surface area contributed by atoms with Gasteiger partial charge in [-0.15, -0.1) is 0 Å². The summed E-state index contributed by atoms with van der Waals surface area (Å²) in [5.74, 6) is 0.770. The summed E-state index contributed by atoms with van der Waals surface area (Å²) in [5, 5.41) is 7.40. The summed E-state index contributed by atoms with van der Waals surface area (Å²) in [6, 6.07) is 1.02. The van der Waals surface area contributed by atoms with Gasteiger partial charge in [-0.05, 0) is 44.8 Å². The lowest BCUT2D eigenvalue weighted by molar-refractivity contribution is 0.482. The lowest BCUT2D eigenvalue weighted by atomic mass is 10.1. The van der Waals surface area contributed by atoms with E-state index in [1.54, 1.807) is 0 Å². The average molecular weight is 200 g/mol. The third-order valence-corrected chi connectivity index (χ3v) is 2.83. The third-order valence-electron chi connectivity index (χ3n) is 2.60. The van der Waals surface area contributed by atoms with Gasteiger partial charge in [0.1, 0.15) is 0 Å². The van der Waals surface area contributed by atoms with Gasteiger partial charge in [-0.2, -0.15) is 0 Å². The zero-order valence-electron chi connectivity index (χ0n) is 8.76. The molecule has 2 nitrogen and oxygen atoms in total. The Labute approximate surface area is 86.5 Å². The van der Waals surface area contributed by atoms with Gasteiger partial charge in [-0.1, -0.05) is 13.3 Å². The van der Waals surface area contributed by atoms with Crippen molar-refractivity contribution in [2.75, 3.05) is 0 Å². The van der Waals surface area contributed by atoms with Gasteiger partial charge in [0, 0.05) is 12.1 Å². The Balaban J connectivity index is 2.27. The van der Waals surface area contributed by atoms with Gasteiger partial charge in [0.15, 0.2) is 5.11 Å². The summed E-state index contributed by atoms with van der Waals surface area (Å²) in [6.07, 6.45) is 3.94.